The fourth-order valence-corrected chi connectivity index (χ4v) is 2.51. The monoisotopic (exact) mass is 290 g/mol. The Morgan fingerprint density at radius 1 is 0.682 bits per heavy atom. The normalized spacial score (nSPS) is 10.4. The van der Waals surface area contributed by atoms with Gasteiger partial charge in [-0.25, -0.2) is 0 Å². The minimum Gasteiger partial charge on any atom is -0.497 e. The minimum atomic E-state index is 0.733. The predicted molar refractivity (Wildman–Crippen MR) is 92.7 cm³/mol. The average molecular weight is 290 g/mol. The van der Waals surface area contributed by atoms with E-state index in [9.17, 15) is 0 Å². The fraction of sp³-hybridized carbons (Fsp3) is 0.0526. The molecule has 0 saturated carbocycles. The van der Waals surface area contributed by atoms with Gasteiger partial charge in [0, 0.05) is 11.4 Å². The summed E-state index contributed by atoms with van der Waals surface area (Å²) in [4.78, 5) is 0. The summed E-state index contributed by atoms with van der Waals surface area (Å²) in [6, 6.07) is 21.7. The lowest BCUT2D eigenvalue weighted by molar-refractivity contribution is 0.415. The number of methoxy groups -OCH3 is 1. The molecule has 22 heavy (non-hydrogen) atoms. The Hall–Kier alpha value is -2.94. The Morgan fingerprint density at radius 3 is 2.14 bits per heavy atom. The quantitative estimate of drug-likeness (QED) is 0.711. The zero-order chi connectivity index (χ0) is 15.5. The van der Waals surface area contributed by atoms with E-state index in [0.717, 1.165) is 39.4 Å². The zero-order valence-corrected chi connectivity index (χ0v) is 12.4. The number of nitrogens with two attached hydrogens (primary N) is 2. The molecule has 3 rings (SSSR count). The molecule has 4 N–H and O–H groups in total. The minimum absolute atomic E-state index is 0.733. The molecule has 0 heterocycles. The molecule has 3 heteroatoms. The van der Waals surface area contributed by atoms with Crippen LogP contribution < -0.4 is 16.2 Å². The van der Waals surface area contributed by atoms with Gasteiger partial charge in [0.25, 0.3) is 0 Å². The Bertz CT molecular complexity index is 795. The zero-order valence-electron chi connectivity index (χ0n) is 12.4. The number of hydrogen-bond acceptors (Lipinski definition) is 3. The van der Waals surface area contributed by atoms with Crippen LogP contribution in [-0.4, -0.2) is 7.11 Å². The summed E-state index contributed by atoms with van der Waals surface area (Å²) in [5.41, 5.74) is 17.6. The molecule has 0 aliphatic rings. The van der Waals surface area contributed by atoms with Crippen LogP contribution in [0.15, 0.2) is 66.7 Å². The molecule has 0 atom stereocenters. The standard InChI is InChI=1S/C19H18N2O/c1-22-17-4-2-3-14(11-17)19-12-16(21)9-10-18(19)13-5-7-15(20)8-6-13/h2-12H,20-21H2,1H3. The molecule has 3 aromatic carbocycles. The van der Waals surface area contributed by atoms with E-state index in [4.69, 9.17) is 16.2 Å². The van der Waals surface area contributed by atoms with Crippen LogP contribution in [0.4, 0.5) is 11.4 Å². The molecule has 0 saturated heterocycles. The Kier molecular flexibility index (Phi) is 3.71. The van der Waals surface area contributed by atoms with Gasteiger partial charge >= 0.3 is 0 Å². The van der Waals surface area contributed by atoms with Crippen LogP contribution in [0.2, 0.25) is 0 Å². The lowest BCUT2D eigenvalue weighted by Crippen LogP contribution is -1.91. The van der Waals surface area contributed by atoms with Gasteiger partial charge in [-0.05, 0) is 58.7 Å². The number of hydrogen-bond donors (Lipinski definition) is 2. The van der Waals surface area contributed by atoms with Crippen molar-refractivity contribution in [3.05, 3.63) is 66.7 Å². The lowest BCUT2D eigenvalue weighted by atomic mass is 9.94. The lowest BCUT2D eigenvalue weighted by Gasteiger charge is -2.12. The van der Waals surface area contributed by atoms with Crippen molar-refractivity contribution < 1.29 is 4.74 Å². The second-order valence-corrected chi connectivity index (χ2v) is 5.16. The molecular formula is C19H18N2O. The first-order chi connectivity index (χ1) is 10.7. The third-order valence-electron chi connectivity index (χ3n) is 3.65. The average Bonchev–Trinajstić information content (AvgIpc) is 2.56. The van der Waals surface area contributed by atoms with E-state index < -0.39 is 0 Å². The maximum atomic E-state index is 5.99. The van der Waals surface area contributed by atoms with Crippen LogP contribution >= 0.6 is 0 Å². The van der Waals surface area contributed by atoms with E-state index in [-0.39, 0.29) is 0 Å². The first-order valence-electron chi connectivity index (χ1n) is 7.07. The van der Waals surface area contributed by atoms with Crippen molar-refractivity contribution >= 4 is 11.4 Å². The molecule has 0 amide bonds. The van der Waals surface area contributed by atoms with E-state index in [1.54, 1.807) is 7.11 Å². The summed E-state index contributed by atoms with van der Waals surface area (Å²) in [6.45, 7) is 0. The first kappa shape index (κ1) is 14.0. The van der Waals surface area contributed by atoms with Crippen molar-refractivity contribution in [2.75, 3.05) is 18.6 Å². The van der Waals surface area contributed by atoms with Crippen molar-refractivity contribution in [3.8, 4) is 28.0 Å². The van der Waals surface area contributed by atoms with Gasteiger partial charge in [0.1, 0.15) is 5.75 Å². The van der Waals surface area contributed by atoms with E-state index in [1.807, 2.05) is 60.7 Å². The SMILES string of the molecule is COc1cccc(-c2cc(N)ccc2-c2ccc(N)cc2)c1. The molecule has 3 nitrogen and oxygen atoms in total. The Balaban J connectivity index is 2.17. The topological polar surface area (TPSA) is 61.3 Å². The highest BCUT2D eigenvalue weighted by molar-refractivity contribution is 5.86. The molecule has 110 valence electrons. The highest BCUT2D eigenvalue weighted by atomic mass is 16.5. The molecular weight excluding hydrogens is 272 g/mol. The third kappa shape index (κ3) is 2.74. The Labute approximate surface area is 130 Å². The first-order valence-corrected chi connectivity index (χ1v) is 7.07. The molecule has 0 radical (unpaired) electrons. The van der Waals surface area contributed by atoms with Crippen molar-refractivity contribution in [3.63, 3.8) is 0 Å². The van der Waals surface area contributed by atoms with Gasteiger partial charge in [-0.15, -0.1) is 0 Å². The summed E-state index contributed by atoms with van der Waals surface area (Å²) in [5.74, 6) is 0.822. The summed E-state index contributed by atoms with van der Waals surface area (Å²) < 4.78 is 5.32. The van der Waals surface area contributed by atoms with Crippen LogP contribution in [0.3, 0.4) is 0 Å². The summed E-state index contributed by atoms with van der Waals surface area (Å²) in [6.07, 6.45) is 0. The van der Waals surface area contributed by atoms with E-state index in [2.05, 4.69) is 6.07 Å². The summed E-state index contributed by atoms with van der Waals surface area (Å²) in [7, 11) is 1.67. The van der Waals surface area contributed by atoms with Crippen LogP contribution in [-0.2, 0) is 0 Å². The second-order valence-electron chi connectivity index (χ2n) is 5.16. The number of rotatable bonds is 3. The van der Waals surface area contributed by atoms with Crippen molar-refractivity contribution in [2.24, 2.45) is 0 Å². The van der Waals surface area contributed by atoms with Crippen molar-refractivity contribution in [1.29, 1.82) is 0 Å². The molecule has 0 fully saturated rings. The van der Waals surface area contributed by atoms with Gasteiger partial charge in [0.15, 0.2) is 0 Å². The van der Waals surface area contributed by atoms with Gasteiger partial charge in [-0.1, -0.05) is 30.3 Å². The number of benzene rings is 3. The van der Waals surface area contributed by atoms with E-state index in [0.29, 0.717) is 0 Å². The second kappa shape index (κ2) is 5.82. The van der Waals surface area contributed by atoms with Crippen molar-refractivity contribution in [1.82, 2.24) is 0 Å². The van der Waals surface area contributed by atoms with Crippen LogP contribution in [0, 0.1) is 0 Å². The van der Waals surface area contributed by atoms with Gasteiger partial charge in [-0.2, -0.15) is 0 Å². The van der Waals surface area contributed by atoms with Gasteiger partial charge in [0.05, 0.1) is 7.11 Å². The molecule has 0 bridgehead atoms. The van der Waals surface area contributed by atoms with Crippen molar-refractivity contribution in [2.45, 2.75) is 0 Å². The van der Waals surface area contributed by atoms with Crippen LogP contribution in [0.5, 0.6) is 5.75 Å². The maximum absolute atomic E-state index is 5.99. The summed E-state index contributed by atoms with van der Waals surface area (Å²) >= 11 is 0. The third-order valence-corrected chi connectivity index (χ3v) is 3.65. The predicted octanol–water partition coefficient (Wildman–Crippen LogP) is 4.19. The number of ether oxygens (including phenoxy) is 1. The molecule has 0 unspecified atom stereocenters. The highest BCUT2D eigenvalue weighted by Crippen LogP contribution is 2.35. The smallest absolute Gasteiger partial charge is 0.119 e. The molecule has 0 spiro atoms. The van der Waals surface area contributed by atoms with E-state index >= 15 is 0 Å². The molecule has 0 aliphatic heterocycles. The van der Waals surface area contributed by atoms with Gasteiger partial charge in [-0.3, -0.25) is 0 Å². The number of anilines is 2. The maximum Gasteiger partial charge on any atom is 0.119 e. The van der Waals surface area contributed by atoms with Crippen LogP contribution in [0.25, 0.3) is 22.3 Å². The highest BCUT2D eigenvalue weighted by Gasteiger charge is 2.09. The van der Waals surface area contributed by atoms with Crippen LogP contribution in [0.1, 0.15) is 0 Å². The Morgan fingerprint density at radius 2 is 1.41 bits per heavy atom. The van der Waals surface area contributed by atoms with Gasteiger partial charge in [0.2, 0.25) is 0 Å². The molecule has 3 aromatic rings. The summed E-state index contributed by atoms with van der Waals surface area (Å²) in [5, 5.41) is 0. The van der Waals surface area contributed by atoms with Gasteiger partial charge < -0.3 is 16.2 Å². The largest absolute Gasteiger partial charge is 0.497 e. The fourth-order valence-electron chi connectivity index (χ4n) is 2.51. The molecule has 0 aromatic heterocycles. The number of nitrogen functional groups attached to an aromatic ring is 2. The molecule has 0 aliphatic carbocycles. The van der Waals surface area contributed by atoms with E-state index in [1.165, 1.54) is 0 Å².